The normalized spacial score (nSPS) is 12.6. The molecule has 0 aliphatic rings. The summed E-state index contributed by atoms with van der Waals surface area (Å²) in [6.07, 6.45) is -2.93. The summed E-state index contributed by atoms with van der Waals surface area (Å²) < 4.78 is 0. The molecule has 16 heavy (non-hydrogen) atoms. The second-order valence-corrected chi connectivity index (χ2v) is 2.47. The molecule has 1 atom stereocenters. The average molecular weight is 238 g/mol. The highest BCUT2D eigenvalue weighted by Crippen LogP contribution is 2.08. The van der Waals surface area contributed by atoms with Gasteiger partial charge in [-0.1, -0.05) is 0 Å². The molecule has 2 amide bonds. The van der Waals surface area contributed by atoms with E-state index in [-0.39, 0.29) is 0 Å². The van der Waals surface area contributed by atoms with Gasteiger partial charge in [0.1, 0.15) is 0 Å². The lowest BCUT2D eigenvalue weighted by Crippen LogP contribution is -2.62. The molecule has 0 saturated heterocycles. The number of nitrogens with two attached hydrogens (primary N) is 1. The second-order valence-electron chi connectivity index (χ2n) is 2.47. The molecule has 1 unspecified atom stereocenters. The third-order valence-electron chi connectivity index (χ3n) is 1.34. The predicted octanol–water partition coefficient (Wildman–Crippen LogP) is -3.89. The zero-order valence-electron chi connectivity index (χ0n) is 7.39. The van der Waals surface area contributed by atoms with Crippen LogP contribution in [0.2, 0.25) is 0 Å². The number of carbonyl (C=O) groups excluding carboxylic acids is 2. The Morgan fingerprint density at radius 1 is 1.31 bits per heavy atom. The fourth-order valence-corrected chi connectivity index (χ4v) is 0.586. The standard InChI is InChI=1S/C4H6N4O8/c5-1(9)2(10)6-3(7(13)14)4(11,12)8(15)16/h3,11-12H,(H2,5,9)(H,6,10). The van der Waals surface area contributed by atoms with Crippen molar-refractivity contribution in [2.45, 2.75) is 12.1 Å². The maximum Gasteiger partial charge on any atom is 0.526 e. The predicted molar refractivity (Wildman–Crippen MR) is 42.3 cm³/mol. The van der Waals surface area contributed by atoms with Gasteiger partial charge in [-0.25, -0.2) is 0 Å². The van der Waals surface area contributed by atoms with Gasteiger partial charge < -0.3 is 5.73 Å². The summed E-state index contributed by atoms with van der Waals surface area (Å²) in [6.45, 7) is 0. The van der Waals surface area contributed by atoms with E-state index < -0.39 is 33.7 Å². The molecule has 0 spiro atoms. The molecule has 0 aromatic rings. The van der Waals surface area contributed by atoms with Crippen LogP contribution in [0, 0.1) is 20.2 Å². The van der Waals surface area contributed by atoms with Crippen LogP contribution >= 0.6 is 0 Å². The SMILES string of the molecule is NC(=O)C(=O)NC([N+](=O)[O-])C(O)(O)[N+](=O)[O-]. The highest BCUT2D eigenvalue weighted by atomic mass is 16.7. The molecule has 0 aliphatic heterocycles. The first-order chi connectivity index (χ1) is 7.10. The third-order valence-corrected chi connectivity index (χ3v) is 1.34. The minimum absolute atomic E-state index is 1.08. The average Bonchev–Trinajstić information content (AvgIpc) is 2.12. The van der Waals surface area contributed by atoms with Crippen LogP contribution in [0.15, 0.2) is 0 Å². The number of hydrogen-bond acceptors (Lipinski definition) is 8. The van der Waals surface area contributed by atoms with Gasteiger partial charge in [0.2, 0.25) is 0 Å². The molecule has 90 valence electrons. The molecule has 12 nitrogen and oxygen atoms in total. The number of primary amides is 1. The molecule has 0 radical (unpaired) electrons. The number of rotatable bonds is 4. The van der Waals surface area contributed by atoms with Crippen molar-refractivity contribution in [2.24, 2.45) is 5.73 Å². The van der Waals surface area contributed by atoms with E-state index in [1.807, 2.05) is 0 Å². The van der Waals surface area contributed by atoms with E-state index in [0.717, 1.165) is 5.32 Å². The van der Waals surface area contributed by atoms with E-state index in [2.05, 4.69) is 5.73 Å². The molecule has 0 heterocycles. The van der Waals surface area contributed by atoms with Gasteiger partial charge in [-0.05, 0) is 0 Å². The molecular formula is C4H6N4O8. The largest absolute Gasteiger partial charge is 0.526 e. The van der Waals surface area contributed by atoms with Gasteiger partial charge in [0, 0.05) is 0 Å². The molecular weight excluding hydrogens is 232 g/mol. The Morgan fingerprint density at radius 3 is 2.00 bits per heavy atom. The first-order valence-electron chi connectivity index (χ1n) is 3.43. The fourth-order valence-electron chi connectivity index (χ4n) is 0.586. The summed E-state index contributed by atoms with van der Waals surface area (Å²) in [6, 6.07) is 0. The molecule has 0 aromatic heterocycles. The molecule has 12 heteroatoms. The van der Waals surface area contributed by atoms with E-state index in [1.54, 1.807) is 0 Å². The van der Waals surface area contributed by atoms with Crippen LogP contribution in [0.1, 0.15) is 0 Å². The Labute approximate surface area is 85.9 Å². The van der Waals surface area contributed by atoms with Crippen molar-refractivity contribution in [3.05, 3.63) is 20.2 Å². The van der Waals surface area contributed by atoms with Crippen LogP contribution in [0.5, 0.6) is 0 Å². The lowest BCUT2D eigenvalue weighted by atomic mass is 10.3. The molecule has 0 bridgehead atoms. The highest BCUT2D eigenvalue weighted by molar-refractivity contribution is 6.34. The van der Waals surface area contributed by atoms with Crippen LogP contribution in [-0.2, 0) is 9.59 Å². The summed E-state index contributed by atoms with van der Waals surface area (Å²) in [5.41, 5.74) is 4.40. The van der Waals surface area contributed by atoms with Crippen molar-refractivity contribution in [3.8, 4) is 0 Å². The molecule has 0 aromatic carbocycles. The monoisotopic (exact) mass is 238 g/mol. The molecule has 5 N–H and O–H groups in total. The number of aliphatic hydroxyl groups is 2. The van der Waals surface area contributed by atoms with Gasteiger partial charge in [-0.3, -0.25) is 45.3 Å². The minimum atomic E-state index is -4.06. The van der Waals surface area contributed by atoms with Gasteiger partial charge >= 0.3 is 23.9 Å². The molecule has 0 fully saturated rings. The molecule has 0 rings (SSSR count). The lowest BCUT2D eigenvalue weighted by Gasteiger charge is -2.16. The number of hydrogen-bond donors (Lipinski definition) is 4. The lowest BCUT2D eigenvalue weighted by molar-refractivity contribution is -0.745. The van der Waals surface area contributed by atoms with Crippen molar-refractivity contribution in [2.75, 3.05) is 0 Å². The number of amides is 2. The van der Waals surface area contributed by atoms with Crippen LogP contribution in [0.3, 0.4) is 0 Å². The fraction of sp³-hybridized carbons (Fsp3) is 0.500. The summed E-state index contributed by atoms with van der Waals surface area (Å²) >= 11 is 0. The maximum absolute atomic E-state index is 10.6. The van der Waals surface area contributed by atoms with Crippen molar-refractivity contribution in [1.82, 2.24) is 5.32 Å². The Morgan fingerprint density at radius 2 is 1.75 bits per heavy atom. The van der Waals surface area contributed by atoms with Crippen LogP contribution in [0.4, 0.5) is 0 Å². The third kappa shape index (κ3) is 2.82. The van der Waals surface area contributed by atoms with Gasteiger partial charge in [-0.15, -0.1) is 0 Å². The minimum Gasteiger partial charge on any atom is -0.361 e. The quantitative estimate of drug-likeness (QED) is 0.165. The van der Waals surface area contributed by atoms with Crippen molar-refractivity contribution < 1.29 is 29.6 Å². The Bertz CT molecular complexity index is 350. The Kier molecular flexibility index (Phi) is 3.80. The van der Waals surface area contributed by atoms with E-state index >= 15 is 0 Å². The van der Waals surface area contributed by atoms with Crippen LogP contribution < -0.4 is 11.1 Å². The topological polar surface area (TPSA) is 199 Å². The highest BCUT2D eigenvalue weighted by Gasteiger charge is 2.58. The number of nitrogens with zero attached hydrogens (tertiary/aromatic N) is 2. The smallest absolute Gasteiger partial charge is 0.361 e. The van der Waals surface area contributed by atoms with Crippen molar-refractivity contribution in [3.63, 3.8) is 0 Å². The Balaban J connectivity index is 5.04. The summed E-state index contributed by atoms with van der Waals surface area (Å²) in [7, 11) is 0. The van der Waals surface area contributed by atoms with Gasteiger partial charge in [0.05, 0.1) is 9.85 Å². The van der Waals surface area contributed by atoms with Gasteiger partial charge in [-0.2, -0.15) is 0 Å². The first kappa shape index (κ1) is 13.7. The Hall–Kier alpha value is -2.34. The summed E-state index contributed by atoms with van der Waals surface area (Å²) in [5.74, 6) is -7.50. The first-order valence-corrected chi connectivity index (χ1v) is 3.43. The number of nitrogens with one attached hydrogen (secondary N) is 1. The zero-order valence-corrected chi connectivity index (χ0v) is 7.39. The number of nitro groups is 2. The van der Waals surface area contributed by atoms with E-state index in [9.17, 15) is 29.8 Å². The summed E-state index contributed by atoms with van der Waals surface area (Å²) in [4.78, 5) is 37.7. The zero-order chi connectivity index (χ0) is 13.1. The molecule has 0 aliphatic carbocycles. The van der Waals surface area contributed by atoms with Crippen LogP contribution in [-0.4, -0.2) is 44.0 Å². The van der Waals surface area contributed by atoms with E-state index in [4.69, 9.17) is 10.2 Å². The summed E-state index contributed by atoms with van der Waals surface area (Å²) in [5, 5.41) is 38.8. The van der Waals surface area contributed by atoms with E-state index in [0.29, 0.717) is 0 Å². The van der Waals surface area contributed by atoms with Crippen LogP contribution in [0.25, 0.3) is 0 Å². The second kappa shape index (κ2) is 4.45. The maximum atomic E-state index is 10.6. The van der Waals surface area contributed by atoms with Crippen molar-refractivity contribution >= 4 is 11.8 Å². The van der Waals surface area contributed by atoms with Gasteiger partial charge in [0.15, 0.2) is 0 Å². The number of carbonyl (C=O) groups is 2. The van der Waals surface area contributed by atoms with Gasteiger partial charge in [0.25, 0.3) is 0 Å². The van der Waals surface area contributed by atoms with E-state index in [1.165, 1.54) is 0 Å². The van der Waals surface area contributed by atoms with Crippen molar-refractivity contribution in [1.29, 1.82) is 0 Å². The molecule has 0 saturated carbocycles.